The van der Waals surface area contributed by atoms with E-state index in [-0.39, 0.29) is 5.38 Å². The lowest BCUT2D eigenvalue weighted by molar-refractivity contribution is 0.392. The van der Waals surface area contributed by atoms with Crippen LogP contribution in [0.2, 0.25) is 0 Å². The van der Waals surface area contributed by atoms with Crippen LogP contribution in [0.25, 0.3) is 11.0 Å². The summed E-state index contributed by atoms with van der Waals surface area (Å²) < 4.78 is 3.42. The number of imidazole rings is 1. The Labute approximate surface area is 126 Å². The molecule has 1 fully saturated rings. The van der Waals surface area contributed by atoms with Crippen molar-refractivity contribution >= 4 is 38.6 Å². The molecule has 19 heavy (non-hydrogen) atoms. The fourth-order valence-electron chi connectivity index (χ4n) is 2.87. The Bertz CT molecular complexity index is 608. The Morgan fingerprint density at radius 2 is 2.26 bits per heavy atom. The lowest BCUT2D eigenvalue weighted by Gasteiger charge is -2.18. The molecule has 3 rings (SSSR count). The van der Waals surface area contributed by atoms with Gasteiger partial charge in [0.1, 0.15) is 5.82 Å². The molecule has 0 N–H and O–H groups in total. The minimum Gasteiger partial charge on any atom is -0.322 e. The van der Waals surface area contributed by atoms with Crippen molar-refractivity contribution in [3.8, 4) is 0 Å². The van der Waals surface area contributed by atoms with Crippen molar-refractivity contribution in [1.29, 1.82) is 0 Å². The van der Waals surface area contributed by atoms with Crippen LogP contribution in [-0.2, 0) is 0 Å². The van der Waals surface area contributed by atoms with E-state index < -0.39 is 0 Å². The molecule has 1 aliphatic rings. The Balaban J connectivity index is 2.18. The maximum atomic E-state index is 6.33. The van der Waals surface area contributed by atoms with Crippen molar-refractivity contribution in [2.24, 2.45) is 0 Å². The van der Waals surface area contributed by atoms with E-state index in [2.05, 4.69) is 44.6 Å². The summed E-state index contributed by atoms with van der Waals surface area (Å²) in [5.74, 6) is 0.982. The molecule has 2 unspecified atom stereocenters. The van der Waals surface area contributed by atoms with Crippen molar-refractivity contribution in [1.82, 2.24) is 14.5 Å². The SMILES string of the molecule is CC(Cl)c1nc2ccc(Br)cc2n1C1CCN(C)C1. The van der Waals surface area contributed by atoms with Gasteiger partial charge in [-0.1, -0.05) is 15.9 Å². The van der Waals surface area contributed by atoms with Crippen LogP contribution in [0.1, 0.15) is 30.6 Å². The molecular formula is C14H17BrClN3. The molecule has 1 aromatic carbocycles. The van der Waals surface area contributed by atoms with Crippen LogP contribution in [0.3, 0.4) is 0 Å². The zero-order valence-corrected chi connectivity index (χ0v) is 13.4. The van der Waals surface area contributed by atoms with Gasteiger partial charge in [0.15, 0.2) is 0 Å². The molecule has 0 spiro atoms. The van der Waals surface area contributed by atoms with E-state index >= 15 is 0 Å². The molecule has 0 aliphatic carbocycles. The summed E-state index contributed by atoms with van der Waals surface area (Å²) in [4.78, 5) is 7.07. The van der Waals surface area contributed by atoms with Crippen molar-refractivity contribution < 1.29 is 0 Å². The highest BCUT2D eigenvalue weighted by Crippen LogP contribution is 2.33. The van der Waals surface area contributed by atoms with E-state index in [0.717, 1.165) is 35.3 Å². The number of halogens is 2. The second-order valence-electron chi connectivity index (χ2n) is 5.29. The first-order valence-corrected chi connectivity index (χ1v) is 7.79. The van der Waals surface area contributed by atoms with Gasteiger partial charge in [-0.25, -0.2) is 4.98 Å². The maximum absolute atomic E-state index is 6.33. The Hall–Kier alpha value is -0.580. The number of nitrogens with zero attached hydrogens (tertiary/aromatic N) is 3. The zero-order valence-electron chi connectivity index (χ0n) is 11.1. The molecule has 3 nitrogen and oxygen atoms in total. The number of hydrogen-bond donors (Lipinski definition) is 0. The molecule has 5 heteroatoms. The molecule has 2 heterocycles. The molecule has 2 atom stereocenters. The number of fused-ring (bicyclic) bond motifs is 1. The summed E-state index contributed by atoms with van der Waals surface area (Å²) in [5.41, 5.74) is 2.21. The van der Waals surface area contributed by atoms with Crippen molar-refractivity contribution in [2.45, 2.75) is 24.8 Å². The molecule has 1 saturated heterocycles. The lowest BCUT2D eigenvalue weighted by Crippen LogP contribution is -2.18. The van der Waals surface area contributed by atoms with Crippen LogP contribution in [0.15, 0.2) is 22.7 Å². The molecule has 0 bridgehead atoms. The number of likely N-dealkylation sites (tertiary alicyclic amines) is 1. The van der Waals surface area contributed by atoms with E-state index in [0.29, 0.717) is 6.04 Å². The third kappa shape index (κ3) is 2.41. The van der Waals surface area contributed by atoms with Crippen molar-refractivity contribution in [2.75, 3.05) is 20.1 Å². The van der Waals surface area contributed by atoms with E-state index in [9.17, 15) is 0 Å². The Morgan fingerprint density at radius 3 is 2.89 bits per heavy atom. The predicted octanol–water partition coefficient (Wildman–Crippen LogP) is 3.98. The van der Waals surface area contributed by atoms with Gasteiger partial charge >= 0.3 is 0 Å². The number of likely N-dealkylation sites (N-methyl/N-ethyl adjacent to an activating group) is 1. The Morgan fingerprint density at radius 1 is 1.47 bits per heavy atom. The minimum absolute atomic E-state index is 0.0721. The summed E-state index contributed by atoms with van der Waals surface area (Å²) in [5, 5.41) is -0.0721. The number of benzene rings is 1. The molecule has 1 aliphatic heterocycles. The number of aromatic nitrogens is 2. The monoisotopic (exact) mass is 341 g/mol. The standard InChI is InChI=1S/C14H17BrClN3/c1-9(16)14-17-12-4-3-10(15)7-13(12)19(14)11-5-6-18(2)8-11/h3-4,7,9,11H,5-6,8H2,1-2H3. The molecule has 0 radical (unpaired) electrons. The first-order chi connectivity index (χ1) is 9.06. The van der Waals surface area contributed by atoms with Crippen LogP contribution < -0.4 is 0 Å². The van der Waals surface area contributed by atoms with Gasteiger partial charge in [0, 0.05) is 17.1 Å². The second kappa shape index (κ2) is 5.08. The largest absolute Gasteiger partial charge is 0.322 e. The van der Waals surface area contributed by atoms with E-state index in [1.54, 1.807) is 0 Å². The van der Waals surface area contributed by atoms with Crippen LogP contribution in [0, 0.1) is 0 Å². The smallest absolute Gasteiger partial charge is 0.128 e. The molecular weight excluding hydrogens is 326 g/mol. The highest BCUT2D eigenvalue weighted by molar-refractivity contribution is 9.10. The van der Waals surface area contributed by atoms with Gasteiger partial charge in [0.2, 0.25) is 0 Å². The summed E-state index contributed by atoms with van der Waals surface area (Å²) >= 11 is 9.87. The summed E-state index contributed by atoms with van der Waals surface area (Å²) in [6, 6.07) is 6.70. The van der Waals surface area contributed by atoms with Crippen LogP contribution in [0.5, 0.6) is 0 Å². The van der Waals surface area contributed by atoms with Gasteiger partial charge in [-0.2, -0.15) is 0 Å². The molecule has 2 aromatic rings. The molecule has 0 amide bonds. The summed E-state index contributed by atoms with van der Waals surface area (Å²) in [7, 11) is 2.17. The van der Waals surface area contributed by atoms with E-state index in [4.69, 9.17) is 16.6 Å². The minimum atomic E-state index is -0.0721. The third-order valence-corrected chi connectivity index (χ3v) is 4.45. The van der Waals surface area contributed by atoms with Crippen LogP contribution in [0.4, 0.5) is 0 Å². The lowest BCUT2D eigenvalue weighted by atomic mass is 10.2. The quantitative estimate of drug-likeness (QED) is 0.770. The molecule has 1 aromatic heterocycles. The van der Waals surface area contributed by atoms with Gasteiger partial charge in [0.25, 0.3) is 0 Å². The topological polar surface area (TPSA) is 21.1 Å². The maximum Gasteiger partial charge on any atom is 0.128 e. The van der Waals surface area contributed by atoms with Crippen LogP contribution >= 0.6 is 27.5 Å². The average Bonchev–Trinajstić information content (AvgIpc) is 2.92. The molecule has 0 saturated carbocycles. The zero-order chi connectivity index (χ0) is 13.6. The summed E-state index contributed by atoms with van der Waals surface area (Å²) in [6.45, 7) is 4.19. The highest BCUT2D eigenvalue weighted by atomic mass is 79.9. The van der Waals surface area contributed by atoms with Gasteiger partial charge in [-0.05, 0) is 45.1 Å². The van der Waals surface area contributed by atoms with Gasteiger partial charge in [-0.15, -0.1) is 11.6 Å². The molecule has 102 valence electrons. The second-order valence-corrected chi connectivity index (χ2v) is 6.86. The highest BCUT2D eigenvalue weighted by Gasteiger charge is 2.26. The summed E-state index contributed by atoms with van der Waals surface area (Å²) in [6.07, 6.45) is 1.16. The van der Waals surface area contributed by atoms with E-state index in [1.807, 2.05) is 13.0 Å². The van der Waals surface area contributed by atoms with Gasteiger partial charge < -0.3 is 9.47 Å². The number of alkyl halides is 1. The van der Waals surface area contributed by atoms with Crippen molar-refractivity contribution in [3.63, 3.8) is 0 Å². The average molecular weight is 343 g/mol. The Kier molecular flexibility index (Phi) is 3.58. The number of hydrogen-bond acceptors (Lipinski definition) is 2. The fourth-order valence-corrected chi connectivity index (χ4v) is 3.37. The fraction of sp³-hybridized carbons (Fsp3) is 0.500. The number of rotatable bonds is 2. The van der Waals surface area contributed by atoms with Gasteiger partial charge in [-0.3, -0.25) is 0 Å². The first-order valence-electron chi connectivity index (χ1n) is 6.56. The van der Waals surface area contributed by atoms with Crippen LogP contribution in [-0.4, -0.2) is 34.6 Å². The first kappa shape index (κ1) is 13.4. The third-order valence-electron chi connectivity index (χ3n) is 3.77. The van der Waals surface area contributed by atoms with Crippen molar-refractivity contribution in [3.05, 3.63) is 28.5 Å². The van der Waals surface area contributed by atoms with E-state index in [1.165, 1.54) is 5.52 Å². The predicted molar refractivity (Wildman–Crippen MR) is 82.9 cm³/mol. The normalized spacial score (nSPS) is 22.2. The van der Waals surface area contributed by atoms with Gasteiger partial charge in [0.05, 0.1) is 16.4 Å².